The van der Waals surface area contributed by atoms with Gasteiger partial charge in [-0.1, -0.05) is 12.1 Å². The number of hydrogen-bond donors (Lipinski definition) is 1. The topological polar surface area (TPSA) is 20.2 Å². The van der Waals surface area contributed by atoms with Gasteiger partial charge in [-0.05, 0) is 36.7 Å². The summed E-state index contributed by atoms with van der Waals surface area (Å²) in [6.45, 7) is 3.85. The second kappa shape index (κ2) is 3.23. The molecule has 0 fully saturated rings. The summed E-state index contributed by atoms with van der Waals surface area (Å²) in [7, 11) is 2.67. The minimum Gasteiger partial charge on any atom is -0.507 e. The van der Waals surface area contributed by atoms with Crippen LogP contribution in [0, 0.1) is 13.8 Å². The van der Waals surface area contributed by atoms with Crippen molar-refractivity contribution in [2.24, 2.45) is 0 Å². The summed E-state index contributed by atoms with van der Waals surface area (Å²) >= 11 is 0. The zero-order chi connectivity index (χ0) is 8.43. The molecule has 0 radical (unpaired) electrons. The van der Waals surface area contributed by atoms with E-state index in [2.05, 4.69) is 9.24 Å². The van der Waals surface area contributed by atoms with Crippen LogP contribution < -0.4 is 0 Å². The van der Waals surface area contributed by atoms with E-state index >= 15 is 0 Å². The fourth-order valence-electron chi connectivity index (χ4n) is 1.16. The Morgan fingerprint density at radius 1 is 1.27 bits per heavy atom. The second-order valence-electron chi connectivity index (χ2n) is 2.78. The summed E-state index contributed by atoms with van der Waals surface area (Å²) in [4.78, 5) is 0. The molecule has 1 aromatic rings. The van der Waals surface area contributed by atoms with Gasteiger partial charge < -0.3 is 5.11 Å². The van der Waals surface area contributed by atoms with Crippen molar-refractivity contribution in [3.63, 3.8) is 0 Å². The monoisotopic (exact) mass is 168 g/mol. The van der Waals surface area contributed by atoms with Gasteiger partial charge in [0.2, 0.25) is 0 Å². The van der Waals surface area contributed by atoms with Gasteiger partial charge in [0.1, 0.15) is 5.75 Å². The third-order valence-corrected chi connectivity index (χ3v) is 2.26. The highest BCUT2D eigenvalue weighted by Gasteiger charge is 2.00. The van der Waals surface area contributed by atoms with Gasteiger partial charge in [-0.2, -0.15) is 0 Å². The van der Waals surface area contributed by atoms with Gasteiger partial charge >= 0.3 is 0 Å². The quantitative estimate of drug-likeness (QED) is 0.638. The molecule has 0 amide bonds. The average molecular weight is 168 g/mol. The molecule has 2 heteroatoms. The van der Waals surface area contributed by atoms with Gasteiger partial charge in [-0.25, -0.2) is 0 Å². The third-order valence-electron chi connectivity index (χ3n) is 1.79. The van der Waals surface area contributed by atoms with Crippen LogP contribution in [0.4, 0.5) is 0 Å². The van der Waals surface area contributed by atoms with Crippen LogP contribution in [0.15, 0.2) is 12.1 Å². The normalized spacial score (nSPS) is 10.1. The number of phenols is 1. The highest BCUT2D eigenvalue weighted by molar-refractivity contribution is 7.15. The van der Waals surface area contributed by atoms with Gasteiger partial charge in [-0.15, -0.1) is 9.24 Å². The lowest BCUT2D eigenvalue weighted by molar-refractivity contribution is 0.466. The summed E-state index contributed by atoms with van der Waals surface area (Å²) in [5.41, 5.74) is 3.17. The van der Waals surface area contributed by atoms with Crippen LogP contribution in [-0.4, -0.2) is 5.11 Å². The first-order chi connectivity index (χ1) is 5.15. The van der Waals surface area contributed by atoms with Gasteiger partial charge in [0.25, 0.3) is 0 Å². The highest BCUT2D eigenvalue weighted by atomic mass is 31.0. The summed E-state index contributed by atoms with van der Waals surface area (Å²) in [5.74, 6) is 0.423. The average Bonchev–Trinajstić information content (AvgIpc) is 1.99. The predicted octanol–water partition coefficient (Wildman–Crippen LogP) is 2.38. The lowest BCUT2D eigenvalue weighted by atomic mass is 10.1. The van der Waals surface area contributed by atoms with E-state index in [-0.39, 0.29) is 0 Å². The van der Waals surface area contributed by atoms with Gasteiger partial charge in [0.05, 0.1) is 0 Å². The van der Waals surface area contributed by atoms with Crippen molar-refractivity contribution in [1.82, 2.24) is 0 Å². The van der Waals surface area contributed by atoms with Crippen LogP contribution in [0.1, 0.15) is 16.7 Å². The van der Waals surface area contributed by atoms with E-state index in [1.165, 1.54) is 5.56 Å². The molecule has 0 aliphatic heterocycles. The maximum atomic E-state index is 9.42. The zero-order valence-corrected chi connectivity index (χ0v) is 8.04. The Bertz CT molecular complexity index is 245. The van der Waals surface area contributed by atoms with Crippen LogP contribution >= 0.6 is 9.24 Å². The van der Waals surface area contributed by atoms with Crippen molar-refractivity contribution >= 4 is 9.24 Å². The van der Waals surface area contributed by atoms with Crippen LogP contribution in [-0.2, 0) is 6.16 Å². The first-order valence-electron chi connectivity index (χ1n) is 3.64. The summed E-state index contributed by atoms with van der Waals surface area (Å²) in [5, 5.41) is 9.42. The van der Waals surface area contributed by atoms with Gasteiger partial charge in [0.15, 0.2) is 0 Å². The highest BCUT2D eigenvalue weighted by Crippen LogP contribution is 2.23. The Hall–Kier alpha value is -0.550. The number of aromatic hydroxyl groups is 1. The van der Waals surface area contributed by atoms with E-state index in [0.717, 1.165) is 17.3 Å². The minimum atomic E-state index is 0.423. The molecule has 1 unspecified atom stereocenters. The molecule has 0 aliphatic rings. The molecule has 1 N–H and O–H groups in total. The number of benzene rings is 1. The predicted molar refractivity (Wildman–Crippen MR) is 51.0 cm³/mol. The number of phenolic OH excluding ortho intramolecular Hbond substituents is 1. The molecule has 1 atom stereocenters. The number of hydrogen-bond acceptors (Lipinski definition) is 1. The van der Waals surface area contributed by atoms with Crippen molar-refractivity contribution in [2.45, 2.75) is 20.0 Å². The maximum Gasteiger partial charge on any atom is 0.121 e. The fourth-order valence-corrected chi connectivity index (χ4v) is 1.40. The number of aryl methyl sites for hydroxylation is 2. The molecule has 1 aromatic carbocycles. The molecule has 0 aromatic heterocycles. The lowest BCUT2D eigenvalue weighted by Gasteiger charge is -2.05. The first kappa shape index (κ1) is 8.55. The SMILES string of the molecule is Cc1cc(CP)cc(C)c1O. The van der Waals surface area contributed by atoms with Gasteiger partial charge in [0, 0.05) is 0 Å². The van der Waals surface area contributed by atoms with E-state index in [4.69, 9.17) is 0 Å². The van der Waals surface area contributed by atoms with E-state index in [9.17, 15) is 5.11 Å². The van der Waals surface area contributed by atoms with Crippen molar-refractivity contribution in [3.8, 4) is 5.75 Å². The summed E-state index contributed by atoms with van der Waals surface area (Å²) in [6, 6.07) is 4.02. The largest absolute Gasteiger partial charge is 0.507 e. The minimum absolute atomic E-state index is 0.423. The Kier molecular flexibility index (Phi) is 2.51. The Balaban J connectivity index is 3.21. The van der Waals surface area contributed by atoms with E-state index in [1.807, 2.05) is 26.0 Å². The maximum absolute atomic E-state index is 9.42. The molecule has 0 heterocycles. The molecule has 1 rings (SSSR count). The summed E-state index contributed by atoms with van der Waals surface area (Å²) in [6.07, 6.45) is 0.946. The van der Waals surface area contributed by atoms with Crippen molar-refractivity contribution in [1.29, 1.82) is 0 Å². The van der Waals surface area contributed by atoms with E-state index in [1.54, 1.807) is 0 Å². The van der Waals surface area contributed by atoms with Crippen molar-refractivity contribution in [3.05, 3.63) is 28.8 Å². The summed E-state index contributed by atoms with van der Waals surface area (Å²) < 4.78 is 0. The standard InChI is InChI=1S/C9H13OP/c1-6-3-8(5-11)4-7(2)9(6)10/h3-4,10H,5,11H2,1-2H3. The van der Waals surface area contributed by atoms with Gasteiger partial charge in [-0.3, -0.25) is 0 Å². The van der Waals surface area contributed by atoms with E-state index < -0.39 is 0 Å². The smallest absolute Gasteiger partial charge is 0.121 e. The number of rotatable bonds is 1. The molecular formula is C9H13OP. The van der Waals surface area contributed by atoms with Crippen LogP contribution in [0.5, 0.6) is 5.75 Å². The molecule has 0 saturated carbocycles. The van der Waals surface area contributed by atoms with Crippen LogP contribution in [0.2, 0.25) is 0 Å². The molecule has 0 spiro atoms. The Labute approximate surface area is 69.7 Å². The third kappa shape index (κ3) is 1.72. The molecule has 60 valence electrons. The molecular weight excluding hydrogens is 155 g/mol. The molecule has 0 aliphatic carbocycles. The molecule has 0 saturated heterocycles. The lowest BCUT2D eigenvalue weighted by Crippen LogP contribution is -1.84. The van der Waals surface area contributed by atoms with Crippen molar-refractivity contribution < 1.29 is 5.11 Å². The fraction of sp³-hybridized carbons (Fsp3) is 0.333. The van der Waals surface area contributed by atoms with Crippen molar-refractivity contribution in [2.75, 3.05) is 0 Å². The van der Waals surface area contributed by atoms with Crippen LogP contribution in [0.25, 0.3) is 0 Å². The molecule has 11 heavy (non-hydrogen) atoms. The first-order valence-corrected chi connectivity index (χ1v) is 4.46. The molecule has 1 nitrogen and oxygen atoms in total. The second-order valence-corrected chi connectivity index (χ2v) is 3.19. The van der Waals surface area contributed by atoms with Crippen LogP contribution in [0.3, 0.4) is 0 Å². The van der Waals surface area contributed by atoms with E-state index in [0.29, 0.717) is 5.75 Å². The zero-order valence-electron chi connectivity index (χ0n) is 6.89. The molecule has 0 bridgehead atoms. The Morgan fingerprint density at radius 3 is 2.09 bits per heavy atom. The Morgan fingerprint density at radius 2 is 1.73 bits per heavy atom.